The van der Waals surface area contributed by atoms with Gasteiger partial charge in [0.1, 0.15) is 0 Å². The minimum atomic E-state index is -0.290. The molecule has 0 unspecified atom stereocenters. The molecule has 0 spiro atoms. The Bertz CT molecular complexity index is 888. The van der Waals surface area contributed by atoms with E-state index in [9.17, 15) is 14.4 Å². The molecule has 154 valence electrons. The molecule has 29 heavy (non-hydrogen) atoms. The first-order chi connectivity index (χ1) is 13.6. The molecule has 0 saturated heterocycles. The van der Waals surface area contributed by atoms with E-state index in [0.29, 0.717) is 37.3 Å². The lowest BCUT2D eigenvalue weighted by atomic mass is 10.0. The van der Waals surface area contributed by atoms with Gasteiger partial charge in [-0.15, -0.1) is 12.4 Å². The summed E-state index contributed by atoms with van der Waals surface area (Å²) in [6.07, 6.45) is 1.31. The SMILES string of the molecule is Cl.NCCNC(=O)c1ccccc1NC(=O)CCN1C(=O)CCc2ccccc21. The van der Waals surface area contributed by atoms with E-state index in [0.717, 1.165) is 17.7 Å². The number of benzene rings is 2. The van der Waals surface area contributed by atoms with Crippen molar-refractivity contribution in [2.75, 3.05) is 29.9 Å². The number of rotatable bonds is 7. The first-order valence-corrected chi connectivity index (χ1v) is 9.35. The second-order valence-corrected chi connectivity index (χ2v) is 6.56. The van der Waals surface area contributed by atoms with Gasteiger partial charge in [0, 0.05) is 38.2 Å². The number of aryl methyl sites for hydroxylation is 1. The minimum Gasteiger partial charge on any atom is -0.351 e. The van der Waals surface area contributed by atoms with Crippen LogP contribution in [0, 0.1) is 0 Å². The molecule has 1 aliphatic heterocycles. The van der Waals surface area contributed by atoms with Gasteiger partial charge in [0.05, 0.1) is 11.3 Å². The van der Waals surface area contributed by atoms with Crippen LogP contribution in [-0.2, 0) is 16.0 Å². The Morgan fingerprint density at radius 3 is 2.55 bits per heavy atom. The molecule has 3 amide bonds. The topological polar surface area (TPSA) is 105 Å². The van der Waals surface area contributed by atoms with Crippen molar-refractivity contribution < 1.29 is 14.4 Å². The number of fused-ring (bicyclic) bond motifs is 1. The van der Waals surface area contributed by atoms with Gasteiger partial charge in [-0.25, -0.2) is 0 Å². The highest BCUT2D eigenvalue weighted by Gasteiger charge is 2.24. The predicted molar refractivity (Wildman–Crippen MR) is 115 cm³/mol. The van der Waals surface area contributed by atoms with Crippen molar-refractivity contribution in [3.8, 4) is 0 Å². The number of hydrogen-bond donors (Lipinski definition) is 3. The van der Waals surface area contributed by atoms with E-state index in [4.69, 9.17) is 5.73 Å². The smallest absolute Gasteiger partial charge is 0.253 e. The van der Waals surface area contributed by atoms with E-state index in [-0.39, 0.29) is 36.5 Å². The highest BCUT2D eigenvalue weighted by Crippen LogP contribution is 2.27. The summed E-state index contributed by atoms with van der Waals surface area (Å²) in [5, 5.41) is 5.47. The molecule has 0 radical (unpaired) electrons. The summed E-state index contributed by atoms with van der Waals surface area (Å²) in [5.74, 6) is -0.524. The van der Waals surface area contributed by atoms with E-state index >= 15 is 0 Å². The first kappa shape index (κ1) is 22.4. The molecule has 0 bridgehead atoms. The molecule has 0 aromatic heterocycles. The van der Waals surface area contributed by atoms with Crippen LogP contribution in [-0.4, -0.2) is 37.4 Å². The average Bonchev–Trinajstić information content (AvgIpc) is 2.71. The normalized spacial score (nSPS) is 12.6. The Morgan fingerprint density at radius 2 is 1.76 bits per heavy atom. The standard InChI is InChI=1S/C21H24N4O3.ClH/c22-12-13-23-21(28)16-6-2-3-7-17(16)24-19(26)11-14-25-18-8-4-1-5-15(18)9-10-20(25)27;/h1-8H,9-14,22H2,(H,23,28)(H,24,26);1H. The van der Waals surface area contributed by atoms with Crippen molar-refractivity contribution in [3.63, 3.8) is 0 Å². The van der Waals surface area contributed by atoms with E-state index in [2.05, 4.69) is 10.6 Å². The number of nitrogens with zero attached hydrogens (tertiary/aromatic N) is 1. The Kier molecular flexibility index (Phi) is 8.18. The Balaban J connectivity index is 0.00000300. The molecule has 8 heteroatoms. The molecule has 2 aromatic rings. The van der Waals surface area contributed by atoms with Crippen LogP contribution in [0.25, 0.3) is 0 Å². The molecule has 1 aliphatic rings. The van der Waals surface area contributed by atoms with Gasteiger partial charge in [0.25, 0.3) is 5.91 Å². The third kappa shape index (κ3) is 5.56. The highest BCUT2D eigenvalue weighted by atomic mass is 35.5. The quantitative estimate of drug-likeness (QED) is 0.642. The van der Waals surface area contributed by atoms with Crippen molar-refractivity contribution in [3.05, 3.63) is 59.7 Å². The summed E-state index contributed by atoms with van der Waals surface area (Å²) >= 11 is 0. The van der Waals surface area contributed by atoms with Crippen molar-refractivity contribution >= 4 is 41.5 Å². The Hall–Kier alpha value is -2.90. The van der Waals surface area contributed by atoms with Crippen LogP contribution in [0.2, 0.25) is 0 Å². The Labute approximate surface area is 176 Å². The molecule has 0 atom stereocenters. The third-order valence-corrected chi connectivity index (χ3v) is 4.63. The number of nitrogens with two attached hydrogens (primary N) is 1. The van der Waals surface area contributed by atoms with E-state index < -0.39 is 0 Å². The fourth-order valence-electron chi connectivity index (χ4n) is 3.24. The molecular formula is C21H25ClN4O3. The van der Waals surface area contributed by atoms with Gasteiger partial charge in [0.15, 0.2) is 0 Å². The zero-order valence-corrected chi connectivity index (χ0v) is 16.8. The summed E-state index contributed by atoms with van der Waals surface area (Å²) in [6.45, 7) is 0.992. The van der Waals surface area contributed by atoms with Gasteiger partial charge >= 0.3 is 0 Å². The largest absolute Gasteiger partial charge is 0.351 e. The van der Waals surface area contributed by atoms with Crippen LogP contribution in [0.15, 0.2) is 48.5 Å². The maximum Gasteiger partial charge on any atom is 0.253 e. The van der Waals surface area contributed by atoms with Crippen LogP contribution in [0.5, 0.6) is 0 Å². The molecule has 0 aliphatic carbocycles. The monoisotopic (exact) mass is 416 g/mol. The number of amides is 3. The minimum absolute atomic E-state index is 0. The number of halogens is 1. The first-order valence-electron chi connectivity index (χ1n) is 9.35. The number of hydrogen-bond acceptors (Lipinski definition) is 4. The lowest BCUT2D eigenvalue weighted by molar-refractivity contribution is -0.119. The number of carbonyl (C=O) groups is 3. The Morgan fingerprint density at radius 1 is 1.03 bits per heavy atom. The van der Waals surface area contributed by atoms with Crippen LogP contribution < -0.4 is 21.3 Å². The van der Waals surface area contributed by atoms with Crippen molar-refractivity contribution in [1.29, 1.82) is 0 Å². The second kappa shape index (κ2) is 10.6. The fourth-order valence-corrected chi connectivity index (χ4v) is 3.24. The lowest BCUT2D eigenvalue weighted by Crippen LogP contribution is -2.37. The van der Waals surface area contributed by atoms with Crippen molar-refractivity contribution in [1.82, 2.24) is 5.32 Å². The van der Waals surface area contributed by atoms with Gasteiger partial charge < -0.3 is 21.3 Å². The fraction of sp³-hybridized carbons (Fsp3) is 0.286. The van der Waals surface area contributed by atoms with Crippen LogP contribution in [0.1, 0.15) is 28.8 Å². The zero-order valence-electron chi connectivity index (χ0n) is 16.0. The van der Waals surface area contributed by atoms with Gasteiger partial charge in [-0.1, -0.05) is 30.3 Å². The number of carbonyl (C=O) groups excluding carboxylic acids is 3. The summed E-state index contributed by atoms with van der Waals surface area (Å²) in [5.41, 5.74) is 8.21. The number of para-hydroxylation sites is 2. The third-order valence-electron chi connectivity index (χ3n) is 4.63. The average molecular weight is 417 g/mol. The van der Waals surface area contributed by atoms with Gasteiger partial charge in [-0.3, -0.25) is 14.4 Å². The molecule has 7 nitrogen and oxygen atoms in total. The van der Waals surface area contributed by atoms with Crippen molar-refractivity contribution in [2.24, 2.45) is 5.73 Å². The summed E-state index contributed by atoms with van der Waals surface area (Å²) in [4.78, 5) is 38.7. The van der Waals surface area contributed by atoms with Crippen LogP contribution >= 0.6 is 12.4 Å². The molecule has 3 rings (SSSR count). The summed E-state index contributed by atoms with van der Waals surface area (Å²) < 4.78 is 0. The van der Waals surface area contributed by atoms with Gasteiger partial charge in [-0.05, 0) is 30.2 Å². The van der Waals surface area contributed by atoms with Crippen LogP contribution in [0.3, 0.4) is 0 Å². The molecular weight excluding hydrogens is 392 g/mol. The maximum atomic E-state index is 12.5. The lowest BCUT2D eigenvalue weighted by Gasteiger charge is -2.29. The summed E-state index contributed by atoms with van der Waals surface area (Å²) in [7, 11) is 0. The number of nitrogens with one attached hydrogen (secondary N) is 2. The number of anilines is 2. The molecule has 0 saturated carbocycles. The molecule has 0 fully saturated rings. The maximum absolute atomic E-state index is 12.5. The van der Waals surface area contributed by atoms with E-state index in [1.807, 2.05) is 24.3 Å². The molecule has 4 N–H and O–H groups in total. The predicted octanol–water partition coefficient (Wildman–Crippen LogP) is 2.10. The molecule has 2 aromatic carbocycles. The van der Waals surface area contributed by atoms with Crippen LogP contribution in [0.4, 0.5) is 11.4 Å². The van der Waals surface area contributed by atoms with Gasteiger partial charge in [0.2, 0.25) is 11.8 Å². The van der Waals surface area contributed by atoms with E-state index in [1.165, 1.54) is 0 Å². The summed E-state index contributed by atoms with van der Waals surface area (Å²) in [6, 6.07) is 14.6. The highest BCUT2D eigenvalue weighted by molar-refractivity contribution is 6.04. The zero-order chi connectivity index (χ0) is 19.9. The molecule has 1 heterocycles. The van der Waals surface area contributed by atoms with E-state index in [1.54, 1.807) is 29.2 Å². The second-order valence-electron chi connectivity index (χ2n) is 6.56. The van der Waals surface area contributed by atoms with Crippen molar-refractivity contribution in [2.45, 2.75) is 19.3 Å². The van der Waals surface area contributed by atoms with Gasteiger partial charge in [-0.2, -0.15) is 0 Å².